The molecule has 1 aliphatic rings. The van der Waals surface area contributed by atoms with Gasteiger partial charge in [-0.25, -0.2) is 4.39 Å². The first kappa shape index (κ1) is 25.2. The summed E-state index contributed by atoms with van der Waals surface area (Å²) in [4.78, 5) is 2.06. The minimum absolute atomic E-state index is 0. The molecule has 1 aliphatic heterocycles. The minimum Gasteiger partial charge on any atom is -0.491 e. The van der Waals surface area contributed by atoms with E-state index in [0.717, 1.165) is 18.6 Å². The van der Waals surface area contributed by atoms with Gasteiger partial charge in [0.2, 0.25) is 0 Å². The van der Waals surface area contributed by atoms with Gasteiger partial charge in [-0.2, -0.15) is 0 Å². The van der Waals surface area contributed by atoms with E-state index in [1.165, 1.54) is 17.7 Å². The summed E-state index contributed by atoms with van der Waals surface area (Å²) in [6, 6.07) is 10.7. The molecule has 0 saturated carbocycles. The minimum atomic E-state index is -0.651. The highest BCUT2D eigenvalue weighted by molar-refractivity contribution is 6.35. The van der Waals surface area contributed by atoms with Gasteiger partial charge in [0.15, 0.2) is 0 Å². The van der Waals surface area contributed by atoms with Crippen molar-refractivity contribution < 1.29 is 19.0 Å². The van der Waals surface area contributed by atoms with Crippen molar-refractivity contribution in [2.24, 2.45) is 0 Å². The molecule has 2 atom stereocenters. The highest BCUT2D eigenvalue weighted by Gasteiger charge is 2.26. The number of halogens is 4. The molecule has 0 aromatic heterocycles. The van der Waals surface area contributed by atoms with Crippen molar-refractivity contribution in [3.05, 3.63) is 63.4 Å². The zero-order valence-electron chi connectivity index (χ0n) is 16.8. The smallest absolute Gasteiger partial charge is 0.142 e. The second kappa shape index (κ2) is 12.1. The Kier molecular flexibility index (Phi) is 10.1. The van der Waals surface area contributed by atoms with Gasteiger partial charge in [-0.15, -0.1) is 12.4 Å². The number of nitrogens with zero attached hydrogens (tertiary/aromatic N) is 1. The van der Waals surface area contributed by atoms with Gasteiger partial charge < -0.3 is 14.6 Å². The molecule has 1 heterocycles. The number of aliphatic hydroxyl groups excluding tert-OH is 1. The number of aryl methyl sites for hydroxylation is 1. The molecule has 0 bridgehead atoms. The summed E-state index contributed by atoms with van der Waals surface area (Å²) in [6.45, 7) is 4.43. The van der Waals surface area contributed by atoms with Crippen LogP contribution in [0.25, 0.3) is 0 Å². The molecule has 0 amide bonds. The third-order valence-electron chi connectivity index (χ3n) is 4.91. The summed E-state index contributed by atoms with van der Waals surface area (Å²) in [5.74, 6) is 0.220. The number of aliphatic hydroxyl groups is 1. The molecular formula is C22H27Cl3FNO3. The summed E-state index contributed by atoms with van der Waals surface area (Å²) in [6.07, 6.45) is 1.12. The van der Waals surface area contributed by atoms with Crippen LogP contribution in [0.1, 0.15) is 30.6 Å². The lowest BCUT2D eigenvalue weighted by atomic mass is 10.1. The molecule has 4 nitrogen and oxygen atoms in total. The lowest BCUT2D eigenvalue weighted by molar-refractivity contribution is -0.0460. The molecule has 0 aliphatic carbocycles. The van der Waals surface area contributed by atoms with E-state index in [1.54, 1.807) is 0 Å². The first-order valence-corrected chi connectivity index (χ1v) is 10.6. The highest BCUT2D eigenvalue weighted by Crippen LogP contribution is 2.32. The number of hydrogen-bond donors (Lipinski definition) is 1. The monoisotopic (exact) mass is 477 g/mol. The van der Waals surface area contributed by atoms with Crippen LogP contribution in [0.5, 0.6) is 5.75 Å². The van der Waals surface area contributed by atoms with Crippen molar-refractivity contribution in [1.82, 2.24) is 4.90 Å². The average Bonchev–Trinajstić information content (AvgIpc) is 2.70. The normalized spacial score (nSPS) is 18.0. The van der Waals surface area contributed by atoms with Crippen LogP contribution in [0.15, 0.2) is 36.4 Å². The first-order chi connectivity index (χ1) is 14.0. The van der Waals surface area contributed by atoms with Gasteiger partial charge in [0.05, 0.1) is 17.7 Å². The molecule has 166 valence electrons. The Morgan fingerprint density at radius 1 is 1.23 bits per heavy atom. The molecule has 1 saturated heterocycles. The number of hydrogen-bond acceptors (Lipinski definition) is 4. The molecule has 0 spiro atoms. The van der Waals surface area contributed by atoms with Crippen LogP contribution in [0.2, 0.25) is 10.0 Å². The van der Waals surface area contributed by atoms with Crippen molar-refractivity contribution in [3.63, 3.8) is 0 Å². The van der Waals surface area contributed by atoms with E-state index < -0.39 is 11.9 Å². The van der Waals surface area contributed by atoms with Crippen molar-refractivity contribution in [3.8, 4) is 5.75 Å². The largest absolute Gasteiger partial charge is 0.491 e. The maximum absolute atomic E-state index is 13.8. The SMILES string of the molecule is CCCc1ccc(OCC(O)CN2CCOC(c3cc(F)c(Cl)cc3Cl)C2)cc1.Cl. The molecule has 0 radical (unpaired) electrons. The van der Waals surface area contributed by atoms with E-state index in [9.17, 15) is 9.50 Å². The Balaban J connectivity index is 0.00000320. The molecule has 3 rings (SSSR count). The predicted molar refractivity (Wildman–Crippen MR) is 121 cm³/mol. The van der Waals surface area contributed by atoms with E-state index in [0.29, 0.717) is 36.8 Å². The van der Waals surface area contributed by atoms with Crippen LogP contribution in [0.3, 0.4) is 0 Å². The van der Waals surface area contributed by atoms with Crippen LogP contribution >= 0.6 is 35.6 Å². The second-order valence-electron chi connectivity index (χ2n) is 7.27. The van der Waals surface area contributed by atoms with Gasteiger partial charge >= 0.3 is 0 Å². The average molecular weight is 479 g/mol. The van der Waals surface area contributed by atoms with Gasteiger partial charge in [0.25, 0.3) is 0 Å². The molecular weight excluding hydrogens is 452 g/mol. The van der Waals surface area contributed by atoms with Gasteiger partial charge in [0, 0.05) is 30.2 Å². The van der Waals surface area contributed by atoms with Crippen LogP contribution in [0.4, 0.5) is 4.39 Å². The summed E-state index contributed by atoms with van der Waals surface area (Å²) in [5.41, 5.74) is 1.84. The highest BCUT2D eigenvalue weighted by atomic mass is 35.5. The van der Waals surface area contributed by atoms with Gasteiger partial charge in [-0.1, -0.05) is 48.7 Å². The topological polar surface area (TPSA) is 41.9 Å². The second-order valence-corrected chi connectivity index (χ2v) is 8.08. The Bertz CT molecular complexity index is 807. The Morgan fingerprint density at radius 2 is 1.97 bits per heavy atom. The van der Waals surface area contributed by atoms with Gasteiger partial charge in [-0.05, 0) is 36.2 Å². The van der Waals surface area contributed by atoms with E-state index in [2.05, 4.69) is 11.8 Å². The third-order valence-corrected chi connectivity index (χ3v) is 5.53. The molecule has 2 aromatic rings. The van der Waals surface area contributed by atoms with E-state index in [-0.39, 0.29) is 30.1 Å². The zero-order valence-corrected chi connectivity index (χ0v) is 19.1. The van der Waals surface area contributed by atoms with Crippen LogP contribution < -0.4 is 4.74 Å². The van der Waals surface area contributed by atoms with Crippen molar-refractivity contribution in [1.29, 1.82) is 0 Å². The van der Waals surface area contributed by atoms with E-state index in [1.807, 2.05) is 24.3 Å². The van der Waals surface area contributed by atoms with E-state index >= 15 is 0 Å². The Morgan fingerprint density at radius 3 is 2.67 bits per heavy atom. The molecule has 1 N–H and O–H groups in total. The lowest BCUT2D eigenvalue weighted by Crippen LogP contribution is -2.43. The predicted octanol–water partition coefficient (Wildman–Crippen LogP) is 5.32. The quantitative estimate of drug-likeness (QED) is 0.521. The van der Waals surface area contributed by atoms with Crippen molar-refractivity contribution in [2.75, 3.05) is 32.8 Å². The molecule has 30 heavy (non-hydrogen) atoms. The van der Waals surface area contributed by atoms with E-state index in [4.69, 9.17) is 32.7 Å². The summed E-state index contributed by atoms with van der Waals surface area (Å²) < 4.78 is 25.3. The molecule has 1 fully saturated rings. The fourth-order valence-corrected chi connectivity index (χ4v) is 3.93. The number of benzene rings is 2. The standard InChI is InChI=1S/C22H26Cl2FNO3.ClH/c1-2-3-15-4-6-17(7-5-15)29-14-16(27)12-26-8-9-28-22(13-26)18-10-21(25)20(24)11-19(18)23;/h4-7,10-11,16,22,27H,2-3,8-9,12-14H2,1H3;1H. The Labute approximate surface area is 193 Å². The summed E-state index contributed by atoms with van der Waals surface area (Å²) in [5, 5.41) is 10.7. The van der Waals surface area contributed by atoms with Gasteiger partial charge in [0.1, 0.15) is 24.3 Å². The fraction of sp³-hybridized carbons (Fsp3) is 0.455. The molecule has 2 aromatic carbocycles. The number of morpholine rings is 1. The summed E-state index contributed by atoms with van der Waals surface area (Å²) in [7, 11) is 0. The molecule has 2 unspecified atom stereocenters. The Hall–Kier alpha value is -1.08. The van der Waals surface area contributed by atoms with Crippen molar-refractivity contribution >= 4 is 35.6 Å². The van der Waals surface area contributed by atoms with Crippen LogP contribution in [0, 0.1) is 5.82 Å². The number of ether oxygens (including phenoxy) is 2. The third kappa shape index (κ3) is 6.98. The van der Waals surface area contributed by atoms with Gasteiger partial charge in [-0.3, -0.25) is 4.90 Å². The maximum Gasteiger partial charge on any atom is 0.142 e. The fourth-order valence-electron chi connectivity index (χ4n) is 3.43. The summed E-state index contributed by atoms with van der Waals surface area (Å²) >= 11 is 12.0. The molecule has 8 heteroatoms. The lowest BCUT2D eigenvalue weighted by Gasteiger charge is -2.34. The van der Waals surface area contributed by atoms with Crippen LogP contribution in [-0.2, 0) is 11.2 Å². The first-order valence-electron chi connectivity index (χ1n) is 9.84. The zero-order chi connectivity index (χ0) is 20.8. The number of β-amino-alcohol motifs (C(OH)–C–C–N with tert-alkyl or cyclic N) is 1. The number of rotatable bonds is 8. The van der Waals surface area contributed by atoms with Crippen molar-refractivity contribution in [2.45, 2.75) is 32.0 Å². The maximum atomic E-state index is 13.8. The van der Waals surface area contributed by atoms with Crippen LogP contribution in [-0.4, -0.2) is 49.0 Å².